The molecule has 0 heterocycles. The molecule has 0 saturated carbocycles. The second kappa shape index (κ2) is 6.97. The number of hydrogen-bond donors (Lipinski definition) is 2. The number of hydrogen-bond acceptors (Lipinski definition) is 2. The molecule has 2 N–H and O–H groups in total. The first-order chi connectivity index (χ1) is 9.20. The smallest absolute Gasteiger partial charge is 0.376 e. The molecule has 0 aromatic heterocycles. The van der Waals surface area contributed by atoms with Crippen molar-refractivity contribution in [1.29, 1.82) is 0 Å². The van der Waals surface area contributed by atoms with Crippen LogP contribution in [0.3, 0.4) is 0 Å². The minimum Gasteiger partial charge on any atom is -0.376 e. The van der Waals surface area contributed by atoms with E-state index in [2.05, 4.69) is 26.6 Å². The average Bonchev–Trinajstić information content (AvgIpc) is 2.33. The Kier molecular flexibility index (Phi) is 5.86. The maximum absolute atomic E-state index is 12.8. The molecular formula is C13H16BrF3N2O. The zero-order chi connectivity index (χ0) is 15.3. The van der Waals surface area contributed by atoms with Gasteiger partial charge in [0.15, 0.2) is 0 Å². The first kappa shape index (κ1) is 16.8. The van der Waals surface area contributed by atoms with E-state index >= 15 is 0 Å². The molecule has 1 amide bonds. The lowest BCUT2D eigenvalue weighted by Gasteiger charge is -2.15. The van der Waals surface area contributed by atoms with Gasteiger partial charge in [-0.2, -0.15) is 13.2 Å². The Morgan fingerprint density at radius 1 is 1.35 bits per heavy atom. The minimum absolute atomic E-state index is 0.111. The highest BCUT2D eigenvalue weighted by molar-refractivity contribution is 9.10. The third-order valence-corrected chi connectivity index (χ3v) is 2.93. The average molecular weight is 353 g/mol. The predicted molar refractivity (Wildman–Crippen MR) is 75.5 cm³/mol. The van der Waals surface area contributed by atoms with Crippen molar-refractivity contribution in [1.82, 2.24) is 5.32 Å². The van der Waals surface area contributed by atoms with E-state index in [0.717, 1.165) is 6.07 Å². The fourth-order valence-corrected chi connectivity index (χ4v) is 1.82. The first-order valence-electron chi connectivity index (χ1n) is 6.07. The highest BCUT2D eigenvalue weighted by Gasteiger charge is 2.33. The first-order valence-corrected chi connectivity index (χ1v) is 6.86. The number of nitrogens with one attached hydrogen (secondary N) is 2. The molecule has 0 unspecified atom stereocenters. The Balaban J connectivity index is 2.71. The lowest BCUT2D eigenvalue weighted by Crippen LogP contribution is -2.32. The van der Waals surface area contributed by atoms with E-state index in [1.54, 1.807) is 0 Å². The van der Waals surface area contributed by atoms with Gasteiger partial charge in [-0.05, 0) is 24.1 Å². The van der Waals surface area contributed by atoms with Crippen molar-refractivity contribution in [2.45, 2.75) is 20.0 Å². The monoisotopic (exact) mass is 352 g/mol. The third kappa shape index (κ3) is 5.40. The fraction of sp³-hybridized carbons (Fsp3) is 0.462. The van der Waals surface area contributed by atoms with Crippen LogP contribution in [0.25, 0.3) is 0 Å². The van der Waals surface area contributed by atoms with Crippen molar-refractivity contribution in [2.75, 3.05) is 18.4 Å². The van der Waals surface area contributed by atoms with Crippen LogP contribution >= 0.6 is 15.9 Å². The molecule has 0 radical (unpaired) electrons. The molecule has 1 aromatic rings. The van der Waals surface area contributed by atoms with Gasteiger partial charge in [0.1, 0.15) is 0 Å². The summed E-state index contributed by atoms with van der Waals surface area (Å²) in [6, 6.07) is 3.76. The van der Waals surface area contributed by atoms with Gasteiger partial charge in [0.2, 0.25) is 5.91 Å². The van der Waals surface area contributed by atoms with Crippen LogP contribution in [0.1, 0.15) is 19.4 Å². The van der Waals surface area contributed by atoms with Crippen molar-refractivity contribution in [3.8, 4) is 0 Å². The Hall–Kier alpha value is -1.24. The molecule has 112 valence electrons. The van der Waals surface area contributed by atoms with E-state index in [1.807, 2.05) is 13.8 Å². The summed E-state index contributed by atoms with van der Waals surface area (Å²) in [5.41, 5.74) is -0.913. The third-order valence-electron chi connectivity index (χ3n) is 2.43. The summed E-state index contributed by atoms with van der Waals surface area (Å²) in [5.74, 6) is -0.0490. The molecule has 0 fully saturated rings. The molecule has 0 atom stereocenters. The fourth-order valence-electron chi connectivity index (χ4n) is 1.46. The lowest BCUT2D eigenvalue weighted by molar-refractivity contribution is -0.137. The van der Waals surface area contributed by atoms with Gasteiger partial charge in [0.25, 0.3) is 0 Å². The van der Waals surface area contributed by atoms with E-state index in [1.165, 1.54) is 12.1 Å². The van der Waals surface area contributed by atoms with Gasteiger partial charge in [-0.3, -0.25) is 4.79 Å². The Morgan fingerprint density at radius 3 is 2.55 bits per heavy atom. The highest BCUT2D eigenvalue weighted by Crippen LogP contribution is 2.36. The molecule has 0 aliphatic rings. The molecular weight excluding hydrogens is 337 g/mol. The molecule has 0 aliphatic carbocycles. The normalized spacial score (nSPS) is 11.6. The summed E-state index contributed by atoms with van der Waals surface area (Å²) in [5, 5.41) is 5.15. The van der Waals surface area contributed by atoms with Crippen molar-refractivity contribution in [3.63, 3.8) is 0 Å². The number of halogens is 4. The van der Waals surface area contributed by atoms with Gasteiger partial charge in [-0.1, -0.05) is 29.8 Å². The number of amides is 1. The second-order valence-corrected chi connectivity index (χ2v) is 5.65. The molecule has 20 heavy (non-hydrogen) atoms. The summed E-state index contributed by atoms with van der Waals surface area (Å²) in [4.78, 5) is 11.5. The molecule has 7 heteroatoms. The van der Waals surface area contributed by atoms with Crippen LogP contribution in [0.2, 0.25) is 0 Å². The van der Waals surface area contributed by atoms with E-state index in [4.69, 9.17) is 0 Å². The highest BCUT2D eigenvalue weighted by atomic mass is 79.9. The summed E-state index contributed by atoms with van der Waals surface area (Å²) in [7, 11) is 0. The van der Waals surface area contributed by atoms with Crippen LogP contribution in [0.5, 0.6) is 0 Å². The van der Waals surface area contributed by atoms with Crippen molar-refractivity contribution in [3.05, 3.63) is 28.2 Å². The van der Waals surface area contributed by atoms with Crippen LogP contribution in [-0.2, 0) is 11.0 Å². The van der Waals surface area contributed by atoms with E-state index in [9.17, 15) is 18.0 Å². The molecule has 1 rings (SSSR count). The summed E-state index contributed by atoms with van der Waals surface area (Å²) >= 11 is 3.00. The zero-order valence-electron chi connectivity index (χ0n) is 11.1. The number of carbonyl (C=O) groups excluding carboxylic acids is 1. The van der Waals surface area contributed by atoms with Gasteiger partial charge in [0, 0.05) is 16.7 Å². The van der Waals surface area contributed by atoms with Gasteiger partial charge in [-0.15, -0.1) is 0 Å². The quantitative estimate of drug-likeness (QED) is 0.849. The predicted octanol–water partition coefficient (Wildman–Crippen LogP) is 3.65. The number of rotatable bonds is 5. The summed E-state index contributed by atoms with van der Waals surface area (Å²) < 4.78 is 38.9. The Morgan fingerprint density at radius 2 is 2.00 bits per heavy atom. The molecule has 0 bridgehead atoms. The number of alkyl halides is 3. The van der Waals surface area contributed by atoms with Crippen LogP contribution < -0.4 is 10.6 Å². The molecule has 0 spiro atoms. The van der Waals surface area contributed by atoms with E-state index in [0.29, 0.717) is 11.0 Å². The zero-order valence-corrected chi connectivity index (χ0v) is 12.7. The van der Waals surface area contributed by atoms with E-state index in [-0.39, 0.29) is 24.1 Å². The largest absolute Gasteiger partial charge is 0.418 e. The van der Waals surface area contributed by atoms with Crippen molar-refractivity contribution < 1.29 is 18.0 Å². The van der Waals surface area contributed by atoms with Gasteiger partial charge in [0.05, 0.1) is 12.1 Å². The van der Waals surface area contributed by atoms with Crippen LogP contribution in [0.15, 0.2) is 22.7 Å². The number of carbonyl (C=O) groups is 1. The summed E-state index contributed by atoms with van der Waals surface area (Å²) in [6.45, 7) is 4.17. The molecule has 0 saturated heterocycles. The number of benzene rings is 1. The van der Waals surface area contributed by atoms with Gasteiger partial charge >= 0.3 is 6.18 Å². The Labute approximate surface area is 124 Å². The SMILES string of the molecule is CC(C)CNC(=O)CNc1ccc(Br)cc1C(F)(F)F. The Bertz CT molecular complexity index is 475. The van der Waals surface area contributed by atoms with E-state index < -0.39 is 11.7 Å². The summed E-state index contributed by atoms with van der Waals surface area (Å²) in [6.07, 6.45) is -4.47. The van der Waals surface area contributed by atoms with Gasteiger partial charge in [-0.25, -0.2) is 0 Å². The van der Waals surface area contributed by atoms with Crippen LogP contribution in [0, 0.1) is 5.92 Å². The number of anilines is 1. The standard InChI is InChI=1S/C13H16BrF3N2O/c1-8(2)6-19-12(20)7-18-11-4-3-9(14)5-10(11)13(15,16)17/h3-5,8,18H,6-7H2,1-2H3,(H,19,20). The van der Waals surface area contributed by atoms with Crippen LogP contribution in [-0.4, -0.2) is 19.0 Å². The maximum Gasteiger partial charge on any atom is 0.418 e. The molecule has 0 aliphatic heterocycles. The second-order valence-electron chi connectivity index (χ2n) is 4.74. The van der Waals surface area contributed by atoms with Crippen molar-refractivity contribution >= 4 is 27.5 Å². The van der Waals surface area contributed by atoms with Crippen LogP contribution in [0.4, 0.5) is 18.9 Å². The molecule has 1 aromatic carbocycles. The van der Waals surface area contributed by atoms with Gasteiger partial charge < -0.3 is 10.6 Å². The maximum atomic E-state index is 12.8. The molecule has 3 nitrogen and oxygen atoms in total. The van der Waals surface area contributed by atoms with Crippen molar-refractivity contribution in [2.24, 2.45) is 5.92 Å². The lowest BCUT2D eigenvalue weighted by atomic mass is 10.1. The topological polar surface area (TPSA) is 41.1 Å². The minimum atomic E-state index is -4.47.